The molecule has 0 atom stereocenters. The van der Waals surface area contributed by atoms with Crippen LogP contribution in [0.5, 0.6) is 0 Å². The fraction of sp³-hybridized carbons (Fsp3) is 0. The monoisotopic (exact) mass is 190 g/mol. The number of hydrogen-bond donors (Lipinski definition) is 0. The largest absolute Gasteiger partial charge is 1.00 e. The van der Waals surface area contributed by atoms with E-state index >= 15 is 0 Å². The van der Waals surface area contributed by atoms with Crippen molar-refractivity contribution in [2.24, 2.45) is 0 Å². The molecule has 5 heavy (non-hydrogen) atoms. The van der Waals surface area contributed by atoms with E-state index in [4.69, 9.17) is 14.0 Å². The van der Waals surface area contributed by atoms with Crippen LogP contribution in [-0.2, 0) is 22.4 Å². The summed E-state index contributed by atoms with van der Waals surface area (Å²) >= 11 is 0. The van der Waals surface area contributed by atoms with Gasteiger partial charge in [0.05, 0.1) is 10.8 Å². The minimum atomic E-state index is -2.85. The van der Waals surface area contributed by atoms with Crippen LogP contribution in [0.3, 0.4) is 0 Å². The molecule has 0 fully saturated rings. The van der Waals surface area contributed by atoms with Crippen molar-refractivity contribution in [3.63, 3.8) is 0 Å². The fourth-order valence-electron chi connectivity index (χ4n) is 0. The van der Waals surface area contributed by atoms with Crippen molar-refractivity contribution in [3.05, 3.63) is 0 Å². The molecular formula is AgClO3. The first-order chi connectivity index (χ1) is 1.73. The first-order valence-corrected chi connectivity index (χ1v) is 1.39. The van der Waals surface area contributed by atoms with Gasteiger partial charge < -0.3 is 14.0 Å². The quantitative estimate of drug-likeness (QED) is 0.372. The van der Waals surface area contributed by atoms with Crippen molar-refractivity contribution < 1.29 is 47.1 Å². The third kappa shape index (κ3) is 50.2. The minimum Gasteiger partial charge on any atom is -0.357 e. The van der Waals surface area contributed by atoms with Crippen molar-refractivity contribution >= 4 is 0 Å². The summed E-state index contributed by atoms with van der Waals surface area (Å²) < 4.78 is 25.2. The Balaban J connectivity index is 0. The van der Waals surface area contributed by atoms with E-state index in [1.54, 1.807) is 0 Å². The van der Waals surface area contributed by atoms with Gasteiger partial charge in [-0.15, -0.1) is 0 Å². The second-order valence-electron chi connectivity index (χ2n) is 0.189. The zero-order chi connectivity index (χ0) is 3.58. The van der Waals surface area contributed by atoms with Gasteiger partial charge in [-0.1, -0.05) is 0 Å². The average Bonchev–Trinajstić information content (AvgIpc) is 0.811. The molecular weight excluding hydrogens is 191 g/mol. The zero-order valence-electron chi connectivity index (χ0n) is 1.90. The maximum Gasteiger partial charge on any atom is 1.00 e. The summed E-state index contributed by atoms with van der Waals surface area (Å²) in [6.07, 6.45) is 0. The molecule has 36 valence electrons. The average molecular weight is 191 g/mol. The second-order valence-corrected chi connectivity index (χ2v) is 0.567. The molecule has 0 unspecified atom stereocenters. The molecule has 3 nitrogen and oxygen atoms in total. The number of halogens is 1. The standard InChI is InChI=1S/Ag.ClO3/c;2-1(3)4/q+1;-1. The Kier molecular flexibility index (Phi) is 9.15. The summed E-state index contributed by atoms with van der Waals surface area (Å²) in [5.74, 6) is 0. The van der Waals surface area contributed by atoms with Crippen LogP contribution in [0.25, 0.3) is 0 Å². The number of rotatable bonds is 0. The van der Waals surface area contributed by atoms with Crippen molar-refractivity contribution in [1.82, 2.24) is 0 Å². The molecule has 0 bridgehead atoms. The van der Waals surface area contributed by atoms with Crippen molar-refractivity contribution in [2.45, 2.75) is 0 Å². The Hall–Kier alpha value is 0.910. The number of hydrogen-bond acceptors (Lipinski definition) is 3. The van der Waals surface area contributed by atoms with E-state index in [1.165, 1.54) is 0 Å². The van der Waals surface area contributed by atoms with Crippen molar-refractivity contribution in [3.8, 4) is 0 Å². The third-order valence-corrected chi connectivity index (χ3v) is 0. The molecule has 0 aliphatic carbocycles. The predicted octanol–water partition coefficient (Wildman–Crippen LogP) is -3.57. The van der Waals surface area contributed by atoms with Crippen LogP contribution in [0.4, 0.5) is 0 Å². The minimum absolute atomic E-state index is 0. The normalized spacial score (nSPS) is 7.20. The second kappa shape index (κ2) is 4.91. The molecule has 0 N–H and O–H groups in total. The molecule has 0 aromatic rings. The predicted molar refractivity (Wildman–Crippen MR) is 0 cm³/mol. The molecule has 0 aliphatic rings. The SMILES string of the molecule is [Ag+].[O-][Cl+2]([O-])[O-]. The van der Waals surface area contributed by atoms with Gasteiger partial charge in [0, 0.05) is 0 Å². The molecule has 0 aromatic heterocycles. The van der Waals surface area contributed by atoms with E-state index in [9.17, 15) is 0 Å². The van der Waals surface area contributed by atoms with Gasteiger partial charge in [-0.3, -0.25) is 0 Å². The Morgan fingerprint density at radius 2 is 1.00 bits per heavy atom. The molecule has 0 amide bonds. The van der Waals surface area contributed by atoms with E-state index in [-0.39, 0.29) is 22.4 Å². The van der Waals surface area contributed by atoms with E-state index < -0.39 is 10.8 Å². The smallest absolute Gasteiger partial charge is 0.357 e. The van der Waals surface area contributed by atoms with Gasteiger partial charge in [-0.2, -0.15) is 0 Å². The molecule has 0 rings (SSSR count). The Bertz CT molecular complexity index is 11.6. The van der Waals surface area contributed by atoms with Gasteiger partial charge in [-0.05, 0) is 0 Å². The Morgan fingerprint density at radius 3 is 1.00 bits per heavy atom. The molecule has 0 radical (unpaired) electrons. The summed E-state index contributed by atoms with van der Waals surface area (Å²) in [4.78, 5) is 0. The Morgan fingerprint density at radius 1 is 1.00 bits per heavy atom. The Labute approximate surface area is 47.5 Å². The van der Waals surface area contributed by atoms with Crippen LogP contribution >= 0.6 is 0 Å². The van der Waals surface area contributed by atoms with Crippen molar-refractivity contribution in [1.29, 1.82) is 0 Å². The summed E-state index contributed by atoms with van der Waals surface area (Å²) in [5.41, 5.74) is 0. The van der Waals surface area contributed by atoms with Crippen LogP contribution in [0.1, 0.15) is 0 Å². The molecule has 0 spiro atoms. The summed E-state index contributed by atoms with van der Waals surface area (Å²) in [6, 6.07) is 0. The van der Waals surface area contributed by atoms with Crippen LogP contribution in [0.2, 0.25) is 0 Å². The molecule has 0 aliphatic heterocycles. The van der Waals surface area contributed by atoms with Gasteiger partial charge in [0.1, 0.15) is 0 Å². The molecule has 0 aromatic carbocycles. The summed E-state index contributed by atoms with van der Waals surface area (Å²) in [7, 11) is -2.85. The summed E-state index contributed by atoms with van der Waals surface area (Å²) in [5, 5.41) is 0. The maximum absolute atomic E-state index is 8.41. The molecule has 0 heterocycles. The molecule has 0 saturated carbocycles. The van der Waals surface area contributed by atoms with E-state index in [2.05, 4.69) is 0 Å². The van der Waals surface area contributed by atoms with Crippen LogP contribution < -0.4 is 14.0 Å². The van der Waals surface area contributed by atoms with Gasteiger partial charge >= 0.3 is 22.4 Å². The van der Waals surface area contributed by atoms with Crippen LogP contribution in [-0.4, -0.2) is 0 Å². The van der Waals surface area contributed by atoms with E-state index in [0.29, 0.717) is 0 Å². The first-order valence-electron chi connectivity index (χ1n) is 0.463. The summed E-state index contributed by atoms with van der Waals surface area (Å²) in [6.45, 7) is 0. The maximum atomic E-state index is 8.41. The zero-order valence-corrected chi connectivity index (χ0v) is 4.14. The fourth-order valence-corrected chi connectivity index (χ4v) is 0. The van der Waals surface area contributed by atoms with Crippen LogP contribution in [0, 0.1) is 10.8 Å². The van der Waals surface area contributed by atoms with Gasteiger partial charge in [-0.25, -0.2) is 0 Å². The molecule has 0 saturated heterocycles. The van der Waals surface area contributed by atoms with E-state index in [1.807, 2.05) is 0 Å². The first kappa shape index (κ1) is 9.32. The van der Waals surface area contributed by atoms with Gasteiger partial charge in [0.15, 0.2) is 0 Å². The van der Waals surface area contributed by atoms with Gasteiger partial charge in [0.25, 0.3) is 0 Å². The van der Waals surface area contributed by atoms with E-state index in [0.717, 1.165) is 0 Å². The van der Waals surface area contributed by atoms with Gasteiger partial charge in [0.2, 0.25) is 0 Å². The van der Waals surface area contributed by atoms with Crippen molar-refractivity contribution in [2.75, 3.05) is 0 Å². The molecule has 5 heteroatoms. The third-order valence-electron chi connectivity index (χ3n) is 0. The van der Waals surface area contributed by atoms with Crippen LogP contribution in [0.15, 0.2) is 0 Å². The topological polar surface area (TPSA) is 69.2 Å².